The van der Waals surface area contributed by atoms with Crippen molar-refractivity contribution in [3.05, 3.63) is 65.2 Å². The first-order valence-electron chi connectivity index (χ1n) is 10.6. The van der Waals surface area contributed by atoms with Crippen molar-refractivity contribution >= 4 is 29.3 Å². The van der Waals surface area contributed by atoms with Crippen LogP contribution in [-0.2, 0) is 4.79 Å². The smallest absolute Gasteiger partial charge is 0.238 e. The van der Waals surface area contributed by atoms with E-state index >= 15 is 0 Å². The summed E-state index contributed by atoms with van der Waals surface area (Å²) in [6.45, 7) is 2.96. The molecule has 1 saturated heterocycles. The molecule has 0 aliphatic carbocycles. The van der Waals surface area contributed by atoms with Gasteiger partial charge >= 0.3 is 0 Å². The topological polar surface area (TPSA) is 63.1 Å². The van der Waals surface area contributed by atoms with Gasteiger partial charge in [-0.2, -0.15) is 0 Å². The second kappa shape index (κ2) is 8.55. The van der Waals surface area contributed by atoms with Gasteiger partial charge in [0.05, 0.1) is 6.04 Å². The minimum absolute atomic E-state index is 0.153. The zero-order chi connectivity index (χ0) is 21.4. The van der Waals surface area contributed by atoms with E-state index in [2.05, 4.69) is 22.5 Å². The predicted octanol–water partition coefficient (Wildman–Crippen LogP) is 4.76. The summed E-state index contributed by atoms with van der Waals surface area (Å²) in [5.41, 5.74) is 5.53. The number of hydrogen-bond acceptors (Lipinski definition) is 5. The highest BCUT2D eigenvalue weighted by atomic mass is 35.5. The van der Waals surface area contributed by atoms with E-state index in [0.717, 1.165) is 36.3 Å². The Hall–Kier alpha value is -2.51. The second-order valence-corrected chi connectivity index (χ2v) is 9.63. The highest BCUT2D eigenvalue weighted by molar-refractivity contribution is 8.00. The van der Waals surface area contributed by atoms with E-state index in [1.807, 2.05) is 64.2 Å². The fourth-order valence-corrected chi connectivity index (χ4v) is 5.60. The van der Waals surface area contributed by atoms with Crippen molar-refractivity contribution in [2.24, 2.45) is 0 Å². The molecule has 1 N–H and O–H groups in total. The van der Waals surface area contributed by atoms with E-state index in [0.29, 0.717) is 10.2 Å². The molecule has 3 aromatic rings. The lowest BCUT2D eigenvalue weighted by Gasteiger charge is -2.39. The van der Waals surface area contributed by atoms with Gasteiger partial charge in [0.2, 0.25) is 11.1 Å². The number of benzene rings is 2. The summed E-state index contributed by atoms with van der Waals surface area (Å²) in [5, 5.41) is 9.85. The lowest BCUT2D eigenvalue weighted by atomic mass is 9.99. The van der Waals surface area contributed by atoms with Crippen LogP contribution in [0, 0.1) is 0 Å². The first-order valence-corrected chi connectivity index (χ1v) is 11.9. The lowest BCUT2D eigenvalue weighted by molar-refractivity contribution is -0.134. The Kier molecular flexibility index (Phi) is 5.63. The van der Waals surface area contributed by atoms with Gasteiger partial charge in [0, 0.05) is 23.2 Å². The molecule has 3 heterocycles. The number of amides is 1. The molecule has 1 amide bonds. The zero-order valence-corrected chi connectivity index (χ0v) is 18.8. The summed E-state index contributed by atoms with van der Waals surface area (Å²) >= 11 is 7.62. The molecule has 0 unspecified atom stereocenters. The van der Waals surface area contributed by atoms with Gasteiger partial charge < -0.3 is 10.3 Å². The number of halogens is 1. The summed E-state index contributed by atoms with van der Waals surface area (Å²) in [4.78, 5) is 15.7. The summed E-state index contributed by atoms with van der Waals surface area (Å²) in [5.74, 6) is 0.888. The van der Waals surface area contributed by atoms with Gasteiger partial charge in [0.25, 0.3) is 0 Å². The minimum atomic E-state index is -0.331. The highest BCUT2D eigenvalue weighted by Crippen LogP contribution is 2.40. The van der Waals surface area contributed by atoms with Crippen LogP contribution in [0.15, 0.2) is 59.8 Å². The fourth-order valence-electron chi connectivity index (χ4n) is 4.33. The molecule has 8 heteroatoms. The minimum Gasteiger partial charge on any atom is -0.339 e. The summed E-state index contributed by atoms with van der Waals surface area (Å²) in [6.07, 6.45) is 3.29. The molecule has 1 aromatic heterocycles. The van der Waals surface area contributed by atoms with Crippen molar-refractivity contribution in [1.82, 2.24) is 19.8 Å². The van der Waals surface area contributed by atoms with E-state index in [1.54, 1.807) is 0 Å². The second-order valence-electron chi connectivity index (χ2n) is 8.08. The zero-order valence-electron chi connectivity index (χ0n) is 17.2. The van der Waals surface area contributed by atoms with Gasteiger partial charge in [-0.3, -0.25) is 4.79 Å². The van der Waals surface area contributed by atoms with Crippen molar-refractivity contribution in [3.8, 4) is 11.4 Å². The molecular formula is C23H24ClN5OS. The number of hydrogen-bond donors (Lipinski definition) is 1. The van der Waals surface area contributed by atoms with E-state index < -0.39 is 0 Å². The van der Waals surface area contributed by atoms with Gasteiger partial charge in [-0.1, -0.05) is 65.8 Å². The van der Waals surface area contributed by atoms with Crippen LogP contribution in [-0.4, -0.2) is 43.5 Å². The van der Waals surface area contributed by atoms with Crippen LogP contribution in [0.4, 0.5) is 0 Å². The Balaban J connectivity index is 1.53. The molecule has 2 aliphatic heterocycles. The maximum atomic E-state index is 13.7. The van der Waals surface area contributed by atoms with Crippen LogP contribution in [0.2, 0.25) is 5.02 Å². The predicted molar refractivity (Wildman–Crippen MR) is 124 cm³/mol. The van der Waals surface area contributed by atoms with E-state index in [4.69, 9.17) is 11.6 Å². The molecule has 2 aliphatic rings. The van der Waals surface area contributed by atoms with Crippen molar-refractivity contribution in [2.75, 3.05) is 12.0 Å². The van der Waals surface area contributed by atoms with Crippen molar-refractivity contribution in [3.63, 3.8) is 0 Å². The van der Waals surface area contributed by atoms with Crippen LogP contribution in [0.25, 0.3) is 11.4 Å². The number of aromatic nitrogens is 3. The van der Waals surface area contributed by atoms with Crippen LogP contribution >= 0.6 is 23.4 Å². The fraction of sp³-hybridized carbons (Fsp3) is 0.348. The molecule has 0 spiro atoms. The number of piperidine rings is 1. The van der Waals surface area contributed by atoms with Crippen LogP contribution < -0.4 is 5.43 Å². The van der Waals surface area contributed by atoms with Crippen LogP contribution in [0.5, 0.6) is 0 Å². The highest BCUT2D eigenvalue weighted by Gasteiger charge is 2.41. The van der Waals surface area contributed by atoms with Crippen molar-refractivity contribution in [2.45, 2.75) is 48.7 Å². The Morgan fingerprint density at radius 1 is 1.10 bits per heavy atom. The Morgan fingerprint density at radius 2 is 1.87 bits per heavy atom. The third kappa shape index (κ3) is 3.92. The molecule has 31 heavy (non-hydrogen) atoms. The molecule has 1 fully saturated rings. The first-order chi connectivity index (χ1) is 15.1. The summed E-state index contributed by atoms with van der Waals surface area (Å²) < 4.78 is 1.91. The largest absolute Gasteiger partial charge is 0.339 e. The van der Waals surface area contributed by atoms with E-state index in [-0.39, 0.29) is 23.2 Å². The molecule has 3 atom stereocenters. The third-order valence-electron chi connectivity index (χ3n) is 6.03. The van der Waals surface area contributed by atoms with Gasteiger partial charge in [0.1, 0.15) is 5.25 Å². The lowest BCUT2D eigenvalue weighted by Crippen LogP contribution is -2.50. The number of carbonyl (C=O) groups is 1. The molecule has 0 saturated carbocycles. The van der Waals surface area contributed by atoms with E-state index in [9.17, 15) is 4.79 Å². The quantitative estimate of drug-likeness (QED) is 0.619. The number of carbonyl (C=O) groups excluding carboxylic acids is 1. The van der Waals surface area contributed by atoms with Gasteiger partial charge in [-0.05, 0) is 43.9 Å². The monoisotopic (exact) mass is 453 g/mol. The number of rotatable bonds is 3. The number of likely N-dealkylation sites (tertiary alicyclic amines) is 1. The average Bonchev–Trinajstić information content (AvgIpc) is 3.22. The summed E-state index contributed by atoms with van der Waals surface area (Å²) in [7, 11) is 0. The molecule has 0 bridgehead atoms. The van der Waals surface area contributed by atoms with Gasteiger partial charge in [0.15, 0.2) is 5.82 Å². The molecule has 160 valence electrons. The van der Waals surface area contributed by atoms with E-state index in [1.165, 1.54) is 18.2 Å². The molecule has 5 rings (SSSR count). The van der Waals surface area contributed by atoms with Gasteiger partial charge in [-0.25, -0.2) is 4.68 Å². The average molecular weight is 454 g/mol. The van der Waals surface area contributed by atoms with Gasteiger partial charge in [-0.15, -0.1) is 10.2 Å². The summed E-state index contributed by atoms with van der Waals surface area (Å²) in [6, 6.07) is 17.7. The Bertz CT molecular complexity index is 1070. The normalized spacial score (nSPS) is 23.2. The standard InChI is InChI=1S/C23H24ClN5OS/c1-15-7-5-6-14-28(15)22(30)20-19(16-10-12-18(24)13-11-16)27-29-21(25-26-23(29)31-20)17-8-3-2-4-9-17/h2-4,8-13,15,19-20,27H,5-7,14H2,1H3/t15-,19-,20-/m0/s1. The maximum absolute atomic E-state index is 13.7. The number of nitrogens with zero attached hydrogens (tertiary/aromatic N) is 4. The Labute approximate surface area is 191 Å². The molecule has 2 aromatic carbocycles. The van der Waals surface area contributed by atoms with Crippen molar-refractivity contribution in [1.29, 1.82) is 0 Å². The molecule has 6 nitrogen and oxygen atoms in total. The first kappa shape index (κ1) is 20.4. The SMILES string of the molecule is C[C@H]1CCCCN1C(=O)[C@H]1Sc2nnc(-c3ccccc3)n2N[C@H]1c1ccc(Cl)cc1. The number of nitrogens with one attached hydrogen (secondary N) is 1. The Morgan fingerprint density at radius 3 is 2.61 bits per heavy atom. The van der Waals surface area contributed by atoms with Crippen LogP contribution in [0.1, 0.15) is 37.8 Å². The number of fused-ring (bicyclic) bond motifs is 1. The number of thioether (sulfide) groups is 1. The van der Waals surface area contributed by atoms with Crippen LogP contribution in [0.3, 0.4) is 0 Å². The molecular weight excluding hydrogens is 430 g/mol. The molecule has 0 radical (unpaired) electrons. The third-order valence-corrected chi connectivity index (χ3v) is 7.48. The van der Waals surface area contributed by atoms with Crippen molar-refractivity contribution < 1.29 is 4.79 Å². The maximum Gasteiger partial charge on any atom is 0.238 e.